The Bertz CT molecular complexity index is 838. The zero-order chi connectivity index (χ0) is 14.9. The molecule has 0 atom stereocenters. The number of hydrogen-bond acceptors (Lipinski definition) is 3. The molecule has 4 rings (SSSR count). The number of hydrogen-bond donors (Lipinski definition) is 0. The lowest BCUT2D eigenvalue weighted by molar-refractivity contribution is 1.01. The number of nitriles is 1. The van der Waals surface area contributed by atoms with Gasteiger partial charge in [0.1, 0.15) is 0 Å². The number of nitrogens with zero attached hydrogens (tertiary/aromatic N) is 4. The molecule has 0 spiro atoms. The molecule has 0 N–H and O–H groups in total. The largest absolute Gasteiger partial charge is 0.305 e. The molecule has 1 saturated carbocycles. The lowest BCUT2D eigenvalue weighted by atomic mass is 10.0. The standard InChI is InChI=1S/C18H14N4/c19-10-13-1-3-15(4-2-13)18-17(14-5-6-14)9-16(11-21-18)22-8-7-20-12-22/h1-4,7-9,11-12,14H,5-6H2. The summed E-state index contributed by atoms with van der Waals surface area (Å²) in [6.45, 7) is 0. The topological polar surface area (TPSA) is 54.5 Å². The molecule has 1 fully saturated rings. The van der Waals surface area contributed by atoms with E-state index < -0.39 is 0 Å². The van der Waals surface area contributed by atoms with Gasteiger partial charge in [-0.05, 0) is 42.5 Å². The molecule has 0 amide bonds. The summed E-state index contributed by atoms with van der Waals surface area (Å²) in [6, 6.07) is 12.0. The van der Waals surface area contributed by atoms with Crippen molar-refractivity contribution in [3.05, 3.63) is 66.4 Å². The van der Waals surface area contributed by atoms with Gasteiger partial charge in [0.2, 0.25) is 0 Å². The van der Waals surface area contributed by atoms with Crippen LogP contribution in [-0.2, 0) is 0 Å². The smallest absolute Gasteiger partial charge is 0.0992 e. The van der Waals surface area contributed by atoms with Gasteiger partial charge in [-0.15, -0.1) is 0 Å². The van der Waals surface area contributed by atoms with E-state index in [-0.39, 0.29) is 0 Å². The zero-order valence-corrected chi connectivity index (χ0v) is 12.0. The highest BCUT2D eigenvalue weighted by atomic mass is 15.0. The van der Waals surface area contributed by atoms with Crippen molar-refractivity contribution in [1.29, 1.82) is 5.26 Å². The lowest BCUT2D eigenvalue weighted by Gasteiger charge is -2.11. The van der Waals surface area contributed by atoms with Gasteiger partial charge in [-0.1, -0.05) is 12.1 Å². The fourth-order valence-electron chi connectivity index (χ4n) is 2.67. The minimum absolute atomic E-state index is 0.599. The van der Waals surface area contributed by atoms with Crippen molar-refractivity contribution in [3.63, 3.8) is 0 Å². The molecule has 4 heteroatoms. The van der Waals surface area contributed by atoms with E-state index >= 15 is 0 Å². The third kappa shape index (κ3) is 2.27. The summed E-state index contributed by atoms with van der Waals surface area (Å²) in [6.07, 6.45) is 9.80. The SMILES string of the molecule is N#Cc1ccc(-c2ncc(-n3ccnc3)cc2C2CC2)cc1. The van der Waals surface area contributed by atoms with Gasteiger partial charge in [0.25, 0.3) is 0 Å². The Hall–Kier alpha value is -2.93. The van der Waals surface area contributed by atoms with Crippen molar-refractivity contribution in [2.45, 2.75) is 18.8 Å². The Morgan fingerprint density at radius 2 is 2.00 bits per heavy atom. The normalized spacial score (nSPS) is 13.8. The van der Waals surface area contributed by atoms with Crippen LogP contribution in [0.25, 0.3) is 16.9 Å². The molecule has 0 radical (unpaired) electrons. The van der Waals surface area contributed by atoms with Crippen molar-refractivity contribution in [2.75, 3.05) is 0 Å². The summed E-state index contributed by atoms with van der Waals surface area (Å²) in [7, 11) is 0. The molecule has 0 unspecified atom stereocenters. The van der Waals surface area contributed by atoms with E-state index in [1.165, 1.54) is 18.4 Å². The van der Waals surface area contributed by atoms with Gasteiger partial charge >= 0.3 is 0 Å². The summed E-state index contributed by atoms with van der Waals surface area (Å²) in [5.74, 6) is 0.599. The maximum Gasteiger partial charge on any atom is 0.0992 e. The van der Waals surface area contributed by atoms with Crippen LogP contribution in [0.5, 0.6) is 0 Å². The second-order valence-corrected chi connectivity index (χ2v) is 5.56. The average molecular weight is 286 g/mol. The molecule has 1 aliphatic rings. The summed E-state index contributed by atoms with van der Waals surface area (Å²) >= 11 is 0. The van der Waals surface area contributed by atoms with Crippen LogP contribution in [0.4, 0.5) is 0 Å². The molecular weight excluding hydrogens is 272 g/mol. The first-order chi connectivity index (χ1) is 10.8. The van der Waals surface area contributed by atoms with Crippen LogP contribution in [0, 0.1) is 11.3 Å². The summed E-state index contributed by atoms with van der Waals surface area (Å²) < 4.78 is 1.97. The first-order valence-electron chi connectivity index (χ1n) is 7.34. The predicted octanol–water partition coefficient (Wildman–Crippen LogP) is 3.68. The van der Waals surface area contributed by atoms with Crippen LogP contribution in [-0.4, -0.2) is 14.5 Å². The van der Waals surface area contributed by atoms with Crippen LogP contribution in [0.3, 0.4) is 0 Å². The predicted molar refractivity (Wildman–Crippen MR) is 83.5 cm³/mol. The van der Waals surface area contributed by atoms with E-state index in [1.807, 2.05) is 41.2 Å². The summed E-state index contributed by atoms with van der Waals surface area (Å²) in [4.78, 5) is 8.78. The molecule has 0 bridgehead atoms. The molecule has 106 valence electrons. The Balaban J connectivity index is 1.80. The highest BCUT2D eigenvalue weighted by Gasteiger charge is 2.27. The van der Waals surface area contributed by atoms with Gasteiger partial charge in [0.05, 0.1) is 35.5 Å². The van der Waals surface area contributed by atoms with Crippen LogP contribution >= 0.6 is 0 Å². The second kappa shape index (κ2) is 5.12. The number of benzene rings is 1. The zero-order valence-electron chi connectivity index (χ0n) is 12.0. The third-order valence-corrected chi connectivity index (χ3v) is 4.01. The van der Waals surface area contributed by atoms with Gasteiger partial charge < -0.3 is 4.57 Å². The van der Waals surface area contributed by atoms with E-state index in [0.29, 0.717) is 11.5 Å². The second-order valence-electron chi connectivity index (χ2n) is 5.56. The first-order valence-corrected chi connectivity index (χ1v) is 7.34. The third-order valence-electron chi connectivity index (χ3n) is 4.01. The first kappa shape index (κ1) is 12.8. The van der Waals surface area contributed by atoms with Crippen LogP contribution < -0.4 is 0 Å². The maximum absolute atomic E-state index is 8.92. The van der Waals surface area contributed by atoms with Crippen molar-refractivity contribution in [3.8, 4) is 23.0 Å². The van der Waals surface area contributed by atoms with Crippen molar-refractivity contribution in [1.82, 2.24) is 14.5 Å². The van der Waals surface area contributed by atoms with E-state index in [0.717, 1.165) is 16.9 Å². The van der Waals surface area contributed by atoms with Gasteiger partial charge in [-0.3, -0.25) is 4.98 Å². The van der Waals surface area contributed by atoms with Crippen LogP contribution in [0.1, 0.15) is 29.9 Å². The number of aromatic nitrogens is 3. The van der Waals surface area contributed by atoms with Crippen LogP contribution in [0.2, 0.25) is 0 Å². The number of pyridine rings is 1. The molecule has 2 heterocycles. The van der Waals surface area contributed by atoms with Gasteiger partial charge in [0, 0.05) is 18.0 Å². The van der Waals surface area contributed by atoms with E-state index in [4.69, 9.17) is 10.2 Å². The fraction of sp³-hybridized carbons (Fsp3) is 0.167. The Morgan fingerprint density at radius 1 is 1.18 bits per heavy atom. The van der Waals surface area contributed by atoms with E-state index in [2.05, 4.69) is 17.1 Å². The summed E-state index contributed by atoms with van der Waals surface area (Å²) in [5, 5.41) is 8.92. The Labute approximate surface area is 128 Å². The van der Waals surface area contributed by atoms with Gasteiger partial charge in [0.15, 0.2) is 0 Å². The molecule has 1 aliphatic carbocycles. The molecule has 2 aromatic heterocycles. The Kier molecular flexibility index (Phi) is 2.97. The van der Waals surface area contributed by atoms with E-state index in [1.54, 1.807) is 12.5 Å². The van der Waals surface area contributed by atoms with E-state index in [9.17, 15) is 0 Å². The lowest BCUT2D eigenvalue weighted by Crippen LogP contribution is -1.97. The highest BCUT2D eigenvalue weighted by molar-refractivity contribution is 5.66. The molecule has 3 aromatic rings. The molecule has 1 aromatic carbocycles. The van der Waals surface area contributed by atoms with Crippen molar-refractivity contribution < 1.29 is 0 Å². The Morgan fingerprint density at radius 3 is 2.64 bits per heavy atom. The molecule has 0 aliphatic heterocycles. The highest BCUT2D eigenvalue weighted by Crippen LogP contribution is 2.44. The molecular formula is C18H14N4. The van der Waals surface area contributed by atoms with Gasteiger partial charge in [-0.25, -0.2) is 4.98 Å². The molecule has 22 heavy (non-hydrogen) atoms. The van der Waals surface area contributed by atoms with Gasteiger partial charge in [-0.2, -0.15) is 5.26 Å². The van der Waals surface area contributed by atoms with Crippen molar-refractivity contribution >= 4 is 0 Å². The molecule has 4 nitrogen and oxygen atoms in total. The summed E-state index contributed by atoms with van der Waals surface area (Å²) in [5.41, 5.74) is 5.09. The average Bonchev–Trinajstić information content (AvgIpc) is 3.28. The fourth-order valence-corrected chi connectivity index (χ4v) is 2.67. The molecule has 0 saturated heterocycles. The maximum atomic E-state index is 8.92. The number of rotatable bonds is 3. The van der Waals surface area contributed by atoms with Crippen molar-refractivity contribution in [2.24, 2.45) is 0 Å². The quantitative estimate of drug-likeness (QED) is 0.738. The minimum atomic E-state index is 0.599. The monoisotopic (exact) mass is 286 g/mol. The number of imidazole rings is 1. The minimum Gasteiger partial charge on any atom is -0.305 e. The van der Waals surface area contributed by atoms with Crippen LogP contribution in [0.15, 0.2) is 55.2 Å².